The van der Waals surface area contributed by atoms with Crippen LogP contribution in [0.4, 0.5) is 14.9 Å². The molecule has 0 bridgehead atoms. The predicted molar refractivity (Wildman–Crippen MR) is 102 cm³/mol. The number of aromatic nitrogens is 2. The number of carbonyl (C=O) groups is 2. The molecule has 2 fully saturated rings. The lowest BCUT2D eigenvalue weighted by Gasteiger charge is -2.53. The number of halogens is 1. The molecule has 7 heteroatoms. The molecule has 0 atom stereocenters. The molecule has 1 aromatic carbocycles. The number of aromatic amines is 1. The SMILES string of the molecule is CCC1(c2cccc(F)c2)CC2(C1)NC(=O)N(c1cncc3[nH]ccc13)C2=O. The van der Waals surface area contributed by atoms with Crippen molar-refractivity contribution in [1.82, 2.24) is 15.3 Å². The molecule has 1 aliphatic heterocycles. The van der Waals surface area contributed by atoms with Gasteiger partial charge in [-0.1, -0.05) is 19.1 Å². The highest BCUT2D eigenvalue weighted by Crippen LogP contribution is 2.55. The van der Waals surface area contributed by atoms with Crippen LogP contribution in [0.1, 0.15) is 31.7 Å². The summed E-state index contributed by atoms with van der Waals surface area (Å²) in [4.78, 5) is 34.4. The highest BCUT2D eigenvalue weighted by Gasteiger charge is 2.64. The number of amides is 3. The van der Waals surface area contributed by atoms with Gasteiger partial charge in [0.2, 0.25) is 0 Å². The first-order valence-corrected chi connectivity index (χ1v) is 9.32. The number of hydrogen-bond donors (Lipinski definition) is 2. The topological polar surface area (TPSA) is 78.1 Å². The zero-order valence-electron chi connectivity index (χ0n) is 15.3. The summed E-state index contributed by atoms with van der Waals surface area (Å²) in [7, 11) is 0. The normalized spacial score (nSPS) is 26.7. The van der Waals surface area contributed by atoms with Crippen LogP contribution in [0.25, 0.3) is 10.9 Å². The average molecular weight is 378 g/mol. The lowest BCUT2D eigenvalue weighted by molar-refractivity contribution is -0.128. The Morgan fingerprint density at radius 3 is 2.79 bits per heavy atom. The number of nitrogens with one attached hydrogen (secondary N) is 2. The largest absolute Gasteiger partial charge is 0.360 e. The third-order valence-corrected chi connectivity index (χ3v) is 6.25. The molecule has 28 heavy (non-hydrogen) atoms. The molecule has 142 valence electrons. The summed E-state index contributed by atoms with van der Waals surface area (Å²) >= 11 is 0. The van der Waals surface area contributed by atoms with Crippen LogP contribution in [0, 0.1) is 5.82 Å². The van der Waals surface area contributed by atoms with Gasteiger partial charge in [-0.05, 0) is 43.0 Å². The second-order valence-electron chi connectivity index (χ2n) is 7.75. The van der Waals surface area contributed by atoms with E-state index < -0.39 is 11.6 Å². The van der Waals surface area contributed by atoms with Crippen LogP contribution in [-0.2, 0) is 10.2 Å². The quantitative estimate of drug-likeness (QED) is 0.683. The number of urea groups is 1. The Morgan fingerprint density at radius 2 is 2.04 bits per heavy atom. The lowest BCUT2D eigenvalue weighted by Crippen LogP contribution is -2.64. The number of benzene rings is 1. The van der Waals surface area contributed by atoms with Crippen molar-refractivity contribution in [3.05, 3.63) is 60.3 Å². The molecule has 6 nitrogen and oxygen atoms in total. The number of imide groups is 1. The number of H-pyrrole nitrogens is 1. The fraction of sp³-hybridized carbons (Fsp3) is 0.286. The second kappa shape index (κ2) is 5.64. The van der Waals surface area contributed by atoms with Crippen molar-refractivity contribution >= 4 is 28.5 Å². The van der Waals surface area contributed by atoms with Crippen LogP contribution in [0.3, 0.4) is 0 Å². The summed E-state index contributed by atoms with van der Waals surface area (Å²) in [5.41, 5.74) is 0.834. The van der Waals surface area contributed by atoms with Gasteiger partial charge >= 0.3 is 6.03 Å². The van der Waals surface area contributed by atoms with Crippen molar-refractivity contribution in [2.24, 2.45) is 0 Å². The Balaban J connectivity index is 1.50. The zero-order chi connectivity index (χ0) is 19.5. The second-order valence-corrected chi connectivity index (χ2v) is 7.75. The summed E-state index contributed by atoms with van der Waals surface area (Å²) in [5.74, 6) is -0.562. The Bertz CT molecular complexity index is 1120. The molecule has 5 rings (SSSR count). The van der Waals surface area contributed by atoms with E-state index in [0.29, 0.717) is 18.5 Å². The minimum Gasteiger partial charge on any atom is -0.360 e. The van der Waals surface area contributed by atoms with E-state index in [1.54, 1.807) is 18.5 Å². The fourth-order valence-electron chi connectivity index (χ4n) is 4.80. The summed E-state index contributed by atoms with van der Waals surface area (Å²) in [6.07, 6.45) is 6.61. The van der Waals surface area contributed by atoms with Gasteiger partial charge in [-0.2, -0.15) is 0 Å². The molecule has 2 aliphatic rings. The van der Waals surface area contributed by atoms with Crippen molar-refractivity contribution in [2.75, 3.05) is 4.90 Å². The van der Waals surface area contributed by atoms with E-state index in [-0.39, 0.29) is 17.1 Å². The van der Waals surface area contributed by atoms with Crippen molar-refractivity contribution in [2.45, 2.75) is 37.1 Å². The molecule has 3 amide bonds. The van der Waals surface area contributed by atoms with E-state index in [1.807, 2.05) is 19.1 Å². The minimum atomic E-state index is -0.947. The minimum absolute atomic E-state index is 0.270. The number of hydrogen-bond acceptors (Lipinski definition) is 3. The molecule has 1 saturated heterocycles. The Hall–Kier alpha value is -3.22. The van der Waals surface area contributed by atoms with Crippen LogP contribution in [-0.4, -0.2) is 27.4 Å². The maximum atomic E-state index is 13.7. The highest BCUT2D eigenvalue weighted by atomic mass is 19.1. The van der Waals surface area contributed by atoms with E-state index in [2.05, 4.69) is 15.3 Å². The van der Waals surface area contributed by atoms with Crippen LogP contribution in [0.2, 0.25) is 0 Å². The van der Waals surface area contributed by atoms with Crippen LogP contribution in [0.15, 0.2) is 48.9 Å². The molecule has 1 aliphatic carbocycles. The number of nitrogens with zero attached hydrogens (tertiary/aromatic N) is 2. The molecular formula is C21H19FN4O2. The summed E-state index contributed by atoms with van der Waals surface area (Å²) in [5, 5.41) is 3.67. The first kappa shape index (κ1) is 16.9. The molecule has 0 radical (unpaired) electrons. The monoisotopic (exact) mass is 378 g/mol. The van der Waals surface area contributed by atoms with Crippen molar-refractivity contribution < 1.29 is 14.0 Å². The number of fused-ring (bicyclic) bond motifs is 1. The number of pyridine rings is 1. The lowest BCUT2D eigenvalue weighted by atomic mass is 9.53. The van der Waals surface area contributed by atoms with Gasteiger partial charge in [0.05, 0.1) is 23.6 Å². The van der Waals surface area contributed by atoms with Crippen molar-refractivity contribution in [1.29, 1.82) is 0 Å². The van der Waals surface area contributed by atoms with E-state index in [4.69, 9.17) is 0 Å². The van der Waals surface area contributed by atoms with Gasteiger partial charge in [0.15, 0.2) is 0 Å². The van der Waals surface area contributed by atoms with Crippen molar-refractivity contribution in [3.63, 3.8) is 0 Å². The van der Waals surface area contributed by atoms with Gasteiger partial charge in [0.25, 0.3) is 5.91 Å². The molecule has 2 aromatic heterocycles. The van der Waals surface area contributed by atoms with E-state index in [1.165, 1.54) is 23.2 Å². The first-order chi connectivity index (χ1) is 13.5. The Morgan fingerprint density at radius 1 is 1.21 bits per heavy atom. The number of rotatable bonds is 3. The van der Waals surface area contributed by atoms with Crippen LogP contribution < -0.4 is 10.2 Å². The average Bonchev–Trinajstić information content (AvgIpc) is 3.22. The number of anilines is 1. The highest BCUT2D eigenvalue weighted by molar-refractivity contribution is 6.26. The third-order valence-electron chi connectivity index (χ3n) is 6.25. The summed E-state index contributed by atoms with van der Waals surface area (Å²) < 4.78 is 13.7. The van der Waals surface area contributed by atoms with E-state index >= 15 is 0 Å². The van der Waals surface area contributed by atoms with Gasteiger partial charge in [-0.15, -0.1) is 0 Å². The number of carbonyl (C=O) groups excluding carboxylic acids is 2. The molecular weight excluding hydrogens is 359 g/mol. The Labute approximate surface area is 160 Å². The molecule has 0 unspecified atom stereocenters. The third kappa shape index (κ3) is 2.16. The molecule has 3 heterocycles. The van der Waals surface area contributed by atoms with Crippen LogP contribution in [0.5, 0.6) is 0 Å². The molecule has 1 saturated carbocycles. The summed E-state index contributed by atoms with van der Waals surface area (Å²) in [6.45, 7) is 2.03. The first-order valence-electron chi connectivity index (χ1n) is 9.32. The van der Waals surface area contributed by atoms with Gasteiger partial charge < -0.3 is 10.3 Å². The van der Waals surface area contributed by atoms with Gasteiger partial charge in [0.1, 0.15) is 11.4 Å². The van der Waals surface area contributed by atoms with Crippen LogP contribution >= 0.6 is 0 Å². The Kier molecular flexibility index (Phi) is 3.41. The zero-order valence-corrected chi connectivity index (χ0v) is 15.3. The van der Waals surface area contributed by atoms with Gasteiger partial charge in [-0.3, -0.25) is 9.78 Å². The van der Waals surface area contributed by atoms with E-state index in [9.17, 15) is 14.0 Å². The molecule has 2 N–H and O–H groups in total. The van der Waals surface area contributed by atoms with Gasteiger partial charge in [-0.25, -0.2) is 14.1 Å². The van der Waals surface area contributed by atoms with Crippen molar-refractivity contribution in [3.8, 4) is 0 Å². The maximum absolute atomic E-state index is 13.7. The smallest absolute Gasteiger partial charge is 0.329 e. The van der Waals surface area contributed by atoms with E-state index in [0.717, 1.165) is 22.9 Å². The van der Waals surface area contributed by atoms with Gasteiger partial charge in [0, 0.05) is 17.0 Å². The maximum Gasteiger partial charge on any atom is 0.329 e. The molecule has 3 aromatic rings. The fourth-order valence-corrected chi connectivity index (χ4v) is 4.80. The molecule has 1 spiro atoms. The summed E-state index contributed by atoms with van der Waals surface area (Å²) in [6, 6.07) is 7.90. The predicted octanol–water partition coefficient (Wildman–Crippen LogP) is 3.64. The standard InChI is InChI=1S/C21H19FN4O2/c1-2-20(13-4-3-5-14(22)8-13)11-21(12-20)18(27)26(19(28)25-21)17-10-23-9-16-15(17)6-7-24-16/h3-10,24H,2,11-12H2,1H3,(H,25,28).